The average molecular weight is 273 g/mol. The van der Waals surface area contributed by atoms with E-state index in [-0.39, 0.29) is 13.1 Å². The maximum Gasteiger partial charge on any atom is 0.330 e. The Morgan fingerprint density at radius 3 is 2.42 bits per heavy atom. The summed E-state index contributed by atoms with van der Waals surface area (Å²) < 4.78 is 4.26. The number of hydrogen-bond donors (Lipinski definition) is 4. The maximum atomic E-state index is 11.2. The van der Waals surface area contributed by atoms with Gasteiger partial charge >= 0.3 is 11.9 Å². The number of hydrogen-bond acceptors (Lipinski definition) is 6. The molecule has 0 aromatic rings. The number of aliphatic carboxylic acids is 1. The zero-order valence-corrected chi connectivity index (χ0v) is 10.2. The molecular formula is C10H15N3O6. The second-order valence-corrected chi connectivity index (χ2v) is 3.26. The summed E-state index contributed by atoms with van der Waals surface area (Å²) in [7, 11) is 1.15. The zero-order valence-electron chi connectivity index (χ0n) is 10.2. The highest BCUT2D eigenvalue weighted by atomic mass is 16.5. The number of nitrogens with two attached hydrogens (primary N) is 1. The number of ether oxygens (including phenoxy) is 1. The van der Waals surface area contributed by atoms with Crippen molar-refractivity contribution in [3.05, 3.63) is 12.2 Å². The standard InChI is InChI=1S/C10H15N3O6/c1-19-9(16)3-2-7(14)12-5-6(10(17)18)13-8(15)4-11/h2-3,6H,4-5,11H2,1H3,(H,12,14)(H,13,15)(H,17,18)/b3-2+/t6-/m0/s1. The van der Waals surface area contributed by atoms with Crippen LogP contribution in [0.25, 0.3) is 0 Å². The van der Waals surface area contributed by atoms with Crippen molar-refractivity contribution < 1.29 is 29.0 Å². The first kappa shape index (κ1) is 16.6. The summed E-state index contributed by atoms with van der Waals surface area (Å²) in [6, 6.07) is -1.30. The highest BCUT2D eigenvalue weighted by molar-refractivity contribution is 5.94. The normalized spacial score (nSPS) is 11.7. The fraction of sp³-hybridized carbons (Fsp3) is 0.400. The number of carbonyl (C=O) groups is 4. The molecule has 9 nitrogen and oxygen atoms in total. The van der Waals surface area contributed by atoms with E-state index in [0.29, 0.717) is 0 Å². The van der Waals surface area contributed by atoms with Crippen LogP contribution in [0.2, 0.25) is 0 Å². The van der Waals surface area contributed by atoms with Crippen LogP contribution in [-0.4, -0.2) is 55.1 Å². The summed E-state index contributed by atoms with van der Waals surface area (Å²) in [6.07, 6.45) is 1.76. The van der Waals surface area contributed by atoms with Crippen molar-refractivity contribution in [2.75, 3.05) is 20.2 Å². The smallest absolute Gasteiger partial charge is 0.330 e. The average Bonchev–Trinajstić information content (AvgIpc) is 2.39. The first-order valence-electron chi connectivity index (χ1n) is 5.16. The minimum Gasteiger partial charge on any atom is -0.480 e. The molecular weight excluding hydrogens is 258 g/mol. The monoisotopic (exact) mass is 273 g/mol. The van der Waals surface area contributed by atoms with Gasteiger partial charge < -0.3 is 26.2 Å². The van der Waals surface area contributed by atoms with Crippen LogP contribution in [0.4, 0.5) is 0 Å². The first-order chi connectivity index (χ1) is 8.90. The lowest BCUT2D eigenvalue weighted by Gasteiger charge is -2.13. The van der Waals surface area contributed by atoms with E-state index in [9.17, 15) is 19.2 Å². The molecule has 5 N–H and O–H groups in total. The molecule has 0 fully saturated rings. The minimum absolute atomic E-state index is 0.342. The van der Waals surface area contributed by atoms with Gasteiger partial charge in [0.15, 0.2) is 0 Å². The van der Waals surface area contributed by atoms with Gasteiger partial charge in [0.25, 0.3) is 0 Å². The van der Waals surface area contributed by atoms with Gasteiger partial charge in [-0.25, -0.2) is 9.59 Å². The van der Waals surface area contributed by atoms with Gasteiger partial charge in [-0.1, -0.05) is 0 Å². The van der Waals surface area contributed by atoms with Crippen LogP contribution in [0.5, 0.6) is 0 Å². The molecule has 0 aromatic carbocycles. The molecule has 0 aliphatic rings. The van der Waals surface area contributed by atoms with E-state index in [1.54, 1.807) is 0 Å². The van der Waals surface area contributed by atoms with Crippen molar-refractivity contribution in [1.82, 2.24) is 10.6 Å². The number of nitrogens with one attached hydrogen (secondary N) is 2. The third-order valence-electron chi connectivity index (χ3n) is 1.87. The van der Waals surface area contributed by atoms with E-state index in [1.807, 2.05) is 0 Å². The molecule has 0 unspecified atom stereocenters. The van der Waals surface area contributed by atoms with E-state index >= 15 is 0 Å². The Morgan fingerprint density at radius 1 is 1.32 bits per heavy atom. The van der Waals surface area contributed by atoms with Gasteiger partial charge in [-0.15, -0.1) is 0 Å². The van der Waals surface area contributed by atoms with E-state index in [0.717, 1.165) is 19.3 Å². The number of carboxylic acids is 1. The number of amides is 2. The summed E-state index contributed by atoms with van der Waals surface area (Å²) in [5.74, 6) is -3.40. The molecule has 0 aromatic heterocycles. The summed E-state index contributed by atoms with van der Waals surface area (Å²) in [4.78, 5) is 43.6. The molecule has 19 heavy (non-hydrogen) atoms. The second kappa shape index (κ2) is 8.64. The fourth-order valence-electron chi connectivity index (χ4n) is 0.927. The van der Waals surface area contributed by atoms with Gasteiger partial charge in [0.05, 0.1) is 13.7 Å². The van der Waals surface area contributed by atoms with E-state index in [4.69, 9.17) is 10.8 Å². The summed E-state index contributed by atoms with van der Waals surface area (Å²) in [5, 5.41) is 13.1. The van der Waals surface area contributed by atoms with Gasteiger partial charge in [-0.2, -0.15) is 0 Å². The lowest BCUT2D eigenvalue weighted by molar-refractivity contribution is -0.141. The van der Waals surface area contributed by atoms with Gasteiger partial charge in [-0.05, 0) is 0 Å². The van der Waals surface area contributed by atoms with Crippen molar-refractivity contribution in [3.8, 4) is 0 Å². The number of esters is 1. The number of carbonyl (C=O) groups excluding carboxylic acids is 3. The van der Waals surface area contributed by atoms with Crippen LogP contribution < -0.4 is 16.4 Å². The summed E-state index contributed by atoms with van der Waals surface area (Å²) >= 11 is 0. The fourth-order valence-corrected chi connectivity index (χ4v) is 0.927. The van der Waals surface area contributed by atoms with E-state index in [1.165, 1.54) is 0 Å². The van der Waals surface area contributed by atoms with Crippen LogP contribution in [0.3, 0.4) is 0 Å². The molecule has 0 heterocycles. The Balaban J connectivity index is 4.29. The minimum atomic E-state index is -1.32. The zero-order chi connectivity index (χ0) is 14.8. The lowest BCUT2D eigenvalue weighted by Crippen LogP contribution is -2.49. The van der Waals surface area contributed by atoms with Crippen LogP contribution >= 0.6 is 0 Å². The number of methoxy groups -OCH3 is 1. The highest BCUT2D eigenvalue weighted by Crippen LogP contribution is 1.84. The molecule has 0 radical (unpaired) electrons. The van der Waals surface area contributed by atoms with Crippen molar-refractivity contribution >= 4 is 23.8 Å². The third kappa shape index (κ3) is 7.49. The van der Waals surface area contributed by atoms with E-state index in [2.05, 4.69) is 15.4 Å². The van der Waals surface area contributed by atoms with Gasteiger partial charge in [0.1, 0.15) is 6.04 Å². The Labute approximate surface area is 108 Å². The molecule has 0 bridgehead atoms. The SMILES string of the molecule is COC(=O)/C=C/C(=O)NC[C@H](NC(=O)CN)C(=O)O. The lowest BCUT2D eigenvalue weighted by atomic mass is 10.3. The Hall–Kier alpha value is -2.42. The van der Waals surface area contributed by atoms with Crippen LogP contribution in [0.1, 0.15) is 0 Å². The second-order valence-electron chi connectivity index (χ2n) is 3.26. The molecule has 0 aliphatic heterocycles. The quantitative estimate of drug-likeness (QED) is 0.292. The molecule has 1 atom stereocenters. The highest BCUT2D eigenvalue weighted by Gasteiger charge is 2.19. The van der Waals surface area contributed by atoms with Crippen LogP contribution in [0, 0.1) is 0 Å². The van der Waals surface area contributed by atoms with E-state index < -0.39 is 29.8 Å². The topological polar surface area (TPSA) is 148 Å². The Kier molecular flexibility index (Phi) is 7.54. The predicted octanol–water partition coefficient (Wildman–Crippen LogP) is -2.64. The number of rotatable bonds is 7. The molecule has 0 saturated carbocycles. The van der Waals surface area contributed by atoms with Gasteiger partial charge in [0.2, 0.25) is 11.8 Å². The van der Waals surface area contributed by atoms with Crippen molar-refractivity contribution in [1.29, 1.82) is 0 Å². The molecule has 9 heteroatoms. The van der Waals surface area contributed by atoms with Gasteiger partial charge in [-0.3, -0.25) is 9.59 Å². The van der Waals surface area contributed by atoms with Crippen LogP contribution in [0.15, 0.2) is 12.2 Å². The molecule has 0 spiro atoms. The molecule has 0 aliphatic carbocycles. The Bertz CT molecular complexity index is 393. The molecule has 0 rings (SSSR count). The van der Waals surface area contributed by atoms with Crippen LogP contribution in [-0.2, 0) is 23.9 Å². The van der Waals surface area contributed by atoms with Crippen molar-refractivity contribution in [3.63, 3.8) is 0 Å². The predicted molar refractivity (Wildman–Crippen MR) is 62.8 cm³/mol. The van der Waals surface area contributed by atoms with Crippen molar-refractivity contribution in [2.45, 2.75) is 6.04 Å². The third-order valence-corrected chi connectivity index (χ3v) is 1.87. The van der Waals surface area contributed by atoms with Gasteiger partial charge in [0, 0.05) is 18.7 Å². The molecule has 106 valence electrons. The maximum absolute atomic E-state index is 11.2. The first-order valence-corrected chi connectivity index (χ1v) is 5.16. The largest absolute Gasteiger partial charge is 0.480 e. The summed E-state index contributed by atoms with van der Waals surface area (Å²) in [5.41, 5.74) is 5.02. The Morgan fingerprint density at radius 2 is 1.95 bits per heavy atom. The molecule has 2 amide bonds. The number of carboxylic acid groups (broad SMARTS) is 1. The summed E-state index contributed by atoms with van der Waals surface area (Å²) in [6.45, 7) is -0.703. The van der Waals surface area contributed by atoms with Crippen molar-refractivity contribution in [2.24, 2.45) is 5.73 Å². The molecule has 0 saturated heterocycles.